The summed E-state index contributed by atoms with van der Waals surface area (Å²) in [6.07, 6.45) is 4.27. The lowest BCUT2D eigenvalue weighted by atomic mass is 10.1. The van der Waals surface area contributed by atoms with E-state index in [1.807, 2.05) is 11.8 Å². The van der Waals surface area contributed by atoms with Gasteiger partial charge < -0.3 is 10.2 Å². The highest BCUT2D eigenvalue weighted by atomic mass is 32.2. The Bertz CT molecular complexity index is 398. The Balaban J connectivity index is 2.82. The minimum Gasteiger partial charge on any atom is -0.371 e. The lowest BCUT2D eigenvalue weighted by Crippen LogP contribution is -2.33. The number of thioether (sulfide) groups is 1. The molecule has 0 aliphatic heterocycles. The van der Waals surface area contributed by atoms with Crippen molar-refractivity contribution in [1.82, 2.24) is 5.32 Å². The van der Waals surface area contributed by atoms with E-state index in [4.69, 9.17) is 0 Å². The van der Waals surface area contributed by atoms with Crippen LogP contribution in [0.15, 0.2) is 18.2 Å². The maximum atomic E-state index is 13.8. The highest BCUT2D eigenvalue weighted by Gasteiger charge is 2.14. The van der Waals surface area contributed by atoms with E-state index in [-0.39, 0.29) is 5.82 Å². The minimum absolute atomic E-state index is 0.151. The maximum Gasteiger partial charge on any atom is 0.125 e. The van der Waals surface area contributed by atoms with Crippen molar-refractivity contribution in [2.75, 3.05) is 30.5 Å². The average Bonchev–Trinajstić information content (AvgIpc) is 2.43. The average molecular weight is 298 g/mol. The number of halogens is 1. The SMILES string of the molecule is CCCNCc1cc(F)cc(N(C)C(CC)CSC)c1. The summed E-state index contributed by atoms with van der Waals surface area (Å²) in [6, 6.07) is 5.79. The van der Waals surface area contributed by atoms with Gasteiger partial charge in [0, 0.05) is 31.1 Å². The lowest BCUT2D eigenvalue weighted by molar-refractivity contribution is 0.614. The summed E-state index contributed by atoms with van der Waals surface area (Å²) in [7, 11) is 2.06. The summed E-state index contributed by atoms with van der Waals surface area (Å²) in [5, 5.41) is 3.32. The van der Waals surface area contributed by atoms with Crippen LogP contribution in [-0.4, -0.2) is 31.6 Å². The second-order valence-electron chi connectivity index (χ2n) is 5.12. The molecule has 0 fully saturated rings. The second kappa shape index (κ2) is 9.24. The van der Waals surface area contributed by atoms with E-state index in [1.54, 1.807) is 12.1 Å². The number of hydrogen-bond acceptors (Lipinski definition) is 3. The van der Waals surface area contributed by atoms with Gasteiger partial charge in [0.1, 0.15) is 5.82 Å². The first kappa shape index (κ1) is 17.3. The zero-order chi connectivity index (χ0) is 15.0. The molecule has 0 aromatic heterocycles. The topological polar surface area (TPSA) is 15.3 Å². The molecule has 0 amide bonds. The number of hydrogen-bond donors (Lipinski definition) is 1. The van der Waals surface area contributed by atoms with Crippen molar-refractivity contribution in [3.05, 3.63) is 29.6 Å². The molecule has 0 radical (unpaired) electrons. The fourth-order valence-corrected chi connectivity index (χ4v) is 3.10. The van der Waals surface area contributed by atoms with Crippen LogP contribution in [0.5, 0.6) is 0 Å². The van der Waals surface area contributed by atoms with Crippen LogP contribution in [0.3, 0.4) is 0 Å². The Morgan fingerprint density at radius 1 is 1.30 bits per heavy atom. The van der Waals surface area contributed by atoms with Crippen LogP contribution in [-0.2, 0) is 6.54 Å². The molecule has 20 heavy (non-hydrogen) atoms. The third-order valence-corrected chi connectivity index (χ3v) is 4.20. The van der Waals surface area contributed by atoms with Gasteiger partial charge in [0.15, 0.2) is 0 Å². The molecule has 0 spiro atoms. The van der Waals surface area contributed by atoms with Crippen molar-refractivity contribution in [3.63, 3.8) is 0 Å². The van der Waals surface area contributed by atoms with Gasteiger partial charge in [-0.3, -0.25) is 0 Å². The fourth-order valence-electron chi connectivity index (χ4n) is 2.26. The molecule has 0 saturated carbocycles. The molecule has 2 nitrogen and oxygen atoms in total. The normalized spacial score (nSPS) is 12.4. The van der Waals surface area contributed by atoms with E-state index in [0.717, 1.165) is 42.9 Å². The number of nitrogens with one attached hydrogen (secondary N) is 1. The van der Waals surface area contributed by atoms with Gasteiger partial charge in [-0.25, -0.2) is 4.39 Å². The Labute approximate surface area is 127 Å². The summed E-state index contributed by atoms with van der Waals surface area (Å²) in [5.74, 6) is 0.911. The standard InChI is InChI=1S/C16H27FN2S/c1-5-7-18-11-13-8-14(17)10-16(9-13)19(3)15(6-2)12-20-4/h8-10,15,18H,5-7,11-12H2,1-4H3. The maximum absolute atomic E-state index is 13.8. The van der Waals surface area contributed by atoms with Gasteiger partial charge in [-0.1, -0.05) is 13.8 Å². The van der Waals surface area contributed by atoms with Crippen LogP contribution in [0.1, 0.15) is 32.3 Å². The van der Waals surface area contributed by atoms with Crippen molar-refractivity contribution in [3.8, 4) is 0 Å². The molecule has 0 aliphatic carbocycles. The summed E-state index contributed by atoms with van der Waals surface area (Å²) in [5.41, 5.74) is 1.98. The van der Waals surface area contributed by atoms with Crippen LogP contribution in [0.2, 0.25) is 0 Å². The molecular formula is C16H27FN2S. The number of benzene rings is 1. The zero-order valence-electron chi connectivity index (χ0n) is 13.1. The summed E-state index contributed by atoms with van der Waals surface area (Å²) in [4.78, 5) is 2.20. The van der Waals surface area contributed by atoms with Crippen LogP contribution < -0.4 is 10.2 Å². The van der Waals surface area contributed by atoms with Gasteiger partial charge in [-0.2, -0.15) is 11.8 Å². The highest BCUT2D eigenvalue weighted by molar-refractivity contribution is 7.98. The van der Waals surface area contributed by atoms with E-state index in [1.165, 1.54) is 0 Å². The number of nitrogens with zero attached hydrogens (tertiary/aromatic N) is 1. The number of rotatable bonds is 9. The molecular weight excluding hydrogens is 271 g/mol. The first-order valence-electron chi connectivity index (χ1n) is 7.34. The van der Waals surface area contributed by atoms with Crippen LogP contribution in [0, 0.1) is 5.82 Å². The van der Waals surface area contributed by atoms with Crippen molar-refractivity contribution >= 4 is 17.4 Å². The smallest absolute Gasteiger partial charge is 0.125 e. The Morgan fingerprint density at radius 2 is 2.05 bits per heavy atom. The van der Waals surface area contributed by atoms with Crippen LogP contribution >= 0.6 is 11.8 Å². The van der Waals surface area contributed by atoms with Crippen molar-refractivity contribution in [2.24, 2.45) is 0 Å². The van der Waals surface area contributed by atoms with E-state index in [2.05, 4.69) is 43.4 Å². The molecule has 1 N–H and O–H groups in total. The van der Waals surface area contributed by atoms with Gasteiger partial charge in [0.25, 0.3) is 0 Å². The molecule has 1 unspecified atom stereocenters. The van der Waals surface area contributed by atoms with Crippen molar-refractivity contribution in [2.45, 2.75) is 39.3 Å². The Morgan fingerprint density at radius 3 is 2.65 bits per heavy atom. The van der Waals surface area contributed by atoms with Crippen LogP contribution in [0.4, 0.5) is 10.1 Å². The molecule has 0 heterocycles. The first-order valence-corrected chi connectivity index (χ1v) is 8.73. The van der Waals surface area contributed by atoms with Gasteiger partial charge in [0.05, 0.1) is 0 Å². The van der Waals surface area contributed by atoms with Gasteiger partial charge in [0.2, 0.25) is 0 Å². The predicted octanol–water partition coefficient (Wildman–Crippen LogP) is 3.90. The quantitative estimate of drug-likeness (QED) is 0.696. The third-order valence-electron chi connectivity index (χ3n) is 3.48. The monoisotopic (exact) mass is 298 g/mol. The predicted molar refractivity (Wildman–Crippen MR) is 89.3 cm³/mol. The van der Waals surface area contributed by atoms with Crippen molar-refractivity contribution < 1.29 is 4.39 Å². The summed E-state index contributed by atoms with van der Waals surface area (Å²) < 4.78 is 13.8. The highest BCUT2D eigenvalue weighted by Crippen LogP contribution is 2.22. The Hall–Kier alpha value is -0.740. The van der Waals surface area contributed by atoms with Gasteiger partial charge >= 0.3 is 0 Å². The minimum atomic E-state index is -0.151. The first-order chi connectivity index (χ1) is 9.62. The van der Waals surface area contributed by atoms with Gasteiger partial charge in [-0.15, -0.1) is 0 Å². The van der Waals surface area contributed by atoms with Gasteiger partial charge in [-0.05, 0) is 49.4 Å². The third kappa shape index (κ3) is 5.33. The van der Waals surface area contributed by atoms with E-state index in [0.29, 0.717) is 6.04 Å². The zero-order valence-corrected chi connectivity index (χ0v) is 13.9. The second-order valence-corrected chi connectivity index (χ2v) is 6.03. The lowest BCUT2D eigenvalue weighted by Gasteiger charge is -2.29. The molecule has 1 atom stereocenters. The Kier molecular flexibility index (Phi) is 8.00. The molecule has 1 rings (SSSR count). The summed E-state index contributed by atoms with van der Waals surface area (Å²) >= 11 is 1.83. The largest absolute Gasteiger partial charge is 0.371 e. The molecule has 0 bridgehead atoms. The molecule has 1 aromatic rings. The molecule has 0 saturated heterocycles. The number of anilines is 1. The summed E-state index contributed by atoms with van der Waals surface area (Å²) in [6.45, 7) is 6.00. The van der Waals surface area contributed by atoms with Crippen molar-refractivity contribution in [1.29, 1.82) is 0 Å². The molecule has 0 aliphatic rings. The van der Waals surface area contributed by atoms with E-state index < -0.39 is 0 Å². The fraction of sp³-hybridized carbons (Fsp3) is 0.625. The van der Waals surface area contributed by atoms with Crippen LogP contribution in [0.25, 0.3) is 0 Å². The van der Waals surface area contributed by atoms with E-state index >= 15 is 0 Å². The molecule has 4 heteroatoms. The van der Waals surface area contributed by atoms with E-state index in [9.17, 15) is 4.39 Å². The molecule has 114 valence electrons. The molecule has 1 aromatic carbocycles.